The summed E-state index contributed by atoms with van der Waals surface area (Å²) in [6, 6.07) is 7.65. The summed E-state index contributed by atoms with van der Waals surface area (Å²) in [5.74, 6) is 0.0836. The Balaban J connectivity index is 2.24. The van der Waals surface area contributed by atoms with E-state index in [1.165, 1.54) is 0 Å². The number of hydrogen-bond donors (Lipinski definition) is 0. The molecule has 1 heterocycles. The molecule has 2 rings (SSSR count). The molecule has 0 saturated heterocycles. The van der Waals surface area contributed by atoms with E-state index in [9.17, 15) is 4.79 Å². The lowest BCUT2D eigenvalue weighted by Crippen LogP contribution is -2.05. The maximum Gasteiger partial charge on any atom is 0.168 e. The number of benzene rings is 1. The van der Waals surface area contributed by atoms with E-state index in [1.807, 2.05) is 24.3 Å². The SMILES string of the molecule is O=C(Cc1cncc(Br)c1)c1cc(I)ccc1Br. The van der Waals surface area contributed by atoms with Crippen molar-refractivity contribution < 1.29 is 4.79 Å². The van der Waals surface area contributed by atoms with Crippen molar-refractivity contribution in [2.75, 3.05) is 0 Å². The highest BCUT2D eigenvalue weighted by Gasteiger charge is 2.11. The molecule has 0 radical (unpaired) electrons. The second-order valence-corrected chi connectivity index (χ2v) is 6.75. The minimum Gasteiger partial charge on any atom is -0.294 e. The van der Waals surface area contributed by atoms with Crippen LogP contribution in [0, 0.1) is 3.57 Å². The Hall–Kier alpha value is -0.270. The lowest BCUT2D eigenvalue weighted by molar-refractivity contribution is 0.0992. The van der Waals surface area contributed by atoms with Crippen LogP contribution in [-0.4, -0.2) is 10.8 Å². The molecule has 0 saturated carbocycles. The molecule has 0 unspecified atom stereocenters. The number of Topliss-reactive ketones (excluding diaryl/α,β-unsaturated/α-hetero) is 1. The van der Waals surface area contributed by atoms with Gasteiger partial charge in [0.1, 0.15) is 0 Å². The molecule has 2 aromatic rings. The van der Waals surface area contributed by atoms with Crippen LogP contribution in [0.2, 0.25) is 0 Å². The third-order valence-electron chi connectivity index (χ3n) is 2.36. The Morgan fingerprint density at radius 2 is 2.00 bits per heavy atom. The number of halogens is 3. The van der Waals surface area contributed by atoms with Crippen LogP contribution in [0.15, 0.2) is 45.6 Å². The molecule has 2 nitrogen and oxygen atoms in total. The van der Waals surface area contributed by atoms with Crippen LogP contribution in [0.5, 0.6) is 0 Å². The summed E-state index contributed by atoms with van der Waals surface area (Å²) in [6.45, 7) is 0. The standard InChI is InChI=1S/C13H8Br2INO/c14-9-3-8(6-17-7-9)4-13(18)11-5-10(16)1-2-12(11)15/h1-3,5-7H,4H2. The monoisotopic (exact) mass is 479 g/mol. The third kappa shape index (κ3) is 3.61. The number of pyridine rings is 1. The minimum atomic E-state index is 0.0836. The smallest absolute Gasteiger partial charge is 0.168 e. The van der Waals surface area contributed by atoms with Gasteiger partial charge in [0, 0.05) is 36.9 Å². The number of rotatable bonds is 3. The highest BCUT2D eigenvalue weighted by atomic mass is 127. The molecule has 0 spiro atoms. The van der Waals surface area contributed by atoms with Crippen molar-refractivity contribution in [1.29, 1.82) is 0 Å². The molecular weight excluding hydrogens is 473 g/mol. The Bertz CT molecular complexity index is 601. The molecule has 0 amide bonds. The van der Waals surface area contributed by atoms with Gasteiger partial charge in [-0.15, -0.1) is 0 Å². The van der Waals surface area contributed by atoms with Crippen molar-refractivity contribution in [3.05, 3.63) is 60.3 Å². The maximum atomic E-state index is 12.2. The highest BCUT2D eigenvalue weighted by molar-refractivity contribution is 14.1. The normalized spacial score (nSPS) is 10.4. The minimum absolute atomic E-state index is 0.0836. The van der Waals surface area contributed by atoms with Crippen LogP contribution in [-0.2, 0) is 6.42 Å². The molecule has 1 aromatic carbocycles. The van der Waals surface area contributed by atoms with Gasteiger partial charge in [0.2, 0.25) is 0 Å². The van der Waals surface area contributed by atoms with Crippen LogP contribution in [0.1, 0.15) is 15.9 Å². The van der Waals surface area contributed by atoms with E-state index < -0.39 is 0 Å². The predicted molar refractivity (Wildman–Crippen MR) is 86.8 cm³/mol. The first-order valence-electron chi connectivity index (χ1n) is 5.14. The van der Waals surface area contributed by atoms with Gasteiger partial charge in [0.05, 0.1) is 0 Å². The van der Waals surface area contributed by atoms with Crippen molar-refractivity contribution in [3.63, 3.8) is 0 Å². The molecule has 0 N–H and O–H groups in total. The molecule has 92 valence electrons. The van der Waals surface area contributed by atoms with Crippen molar-refractivity contribution in [1.82, 2.24) is 4.98 Å². The Morgan fingerprint density at radius 3 is 2.72 bits per heavy atom. The molecule has 0 aliphatic rings. The zero-order chi connectivity index (χ0) is 13.1. The van der Waals surface area contributed by atoms with E-state index >= 15 is 0 Å². The number of ketones is 1. The fourth-order valence-electron chi connectivity index (χ4n) is 1.54. The molecule has 0 aliphatic carbocycles. The predicted octanol–water partition coefficient (Wildman–Crippen LogP) is 4.64. The highest BCUT2D eigenvalue weighted by Crippen LogP contribution is 2.21. The summed E-state index contributed by atoms with van der Waals surface area (Å²) >= 11 is 8.96. The second kappa shape index (κ2) is 6.25. The van der Waals surface area contributed by atoms with Gasteiger partial charge < -0.3 is 0 Å². The van der Waals surface area contributed by atoms with E-state index in [4.69, 9.17) is 0 Å². The molecule has 0 aliphatic heterocycles. The zero-order valence-corrected chi connectivity index (χ0v) is 14.5. The molecule has 0 bridgehead atoms. The van der Waals surface area contributed by atoms with E-state index in [2.05, 4.69) is 59.4 Å². The fraction of sp³-hybridized carbons (Fsp3) is 0.0769. The first-order valence-corrected chi connectivity index (χ1v) is 7.80. The molecule has 0 fully saturated rings. The summed E-state index contributed by atoms with van der Waals surface area (Å²) in [7, 11) is 0. The summed E-state index contributed by atoms with van der Waals surface area (Å²) in [5, 5.41) is 0. The average molecular weight is 481 g/mol. The largest absolute Gasteiger partial charge is 0.294 e. The molecular formula is C13H8Br2INO. The van der Waals surface area contributed by atoms with Crippen molar-refractivity contribution in [3.8, 4) is 0 Å². The molecule has 5 heteroatoms. The van der Waals surface area contributed by atoms with Gasteiger partial charge in [-0.3, -0.25) is 9.78 Å². The fourth-order valence-corrected chi connectivity index (χ4v) is 2.92. The van der Waals surface area contributed by atoms with E-state index in [1.54, 1.807) is 12.4 Å². The van der Waals surface area contributed by atoms with Crippen LogP contribution < -0.4 is 0 Å². The molecule has 18 heavy (non-hydrogen) atoms. The van der Waals surface area contributed by atoms with Gasteiger partial charge in [-0.05, 0) is 68.3 Å². The molecule has 1 aromatic heterocycles. The van der Waals surface area contributed by atoms with Crippen LogP contribution in [0.25, 0.3) is 0 Å². The quantitative estimate of drug-likeness (QED) is 0.473. The number of carbonyl (C=O) groups is 1. The van der Waals surface area contributed by atoms with Crippen molar-refractivity contribution >= 4 is 60.2 Å². The van der Waals surface area contributed by atoms with Crippen LogP contribution in [0.4, 0.5) is 0 Å². The summed E-state index contributed by atoms with van der Waals surface area (Å²) in [4.78, 5) is 16.3. The number of aromatic nitrogens is 1. The summed E-state index contributed by atoms with van der Waals surface area (Å²) in [6.07, 6.45) is 3.77. The zero-order valence-electron chi connectivity index (χ0n) is 9.16. The maximum absolute atomic E-state index is 12.2. The van der Waals surface area contributed by atoms with Crippen molar-refractivity contribution in [2.45, 2.75) is 6.42 Å². The number of nitrogens with zero attached hydrogens (tertiary/aromatic N) is 1. The number of carbonyl (C=O) groups excluding carboxylic acids is 1. The Kier molecular flexibility index (Phi) is 4.91. The first-order chi connectivity index (χ1) is 8.56. The van der Waals surface area contributed by atoms with Crippen LogP contribution in [0.3, 0.4) is 0 Å². The van der Waals surface area contributed by atoms with E-state index in [0.717, 1.165) is 18.1 Å². The topological polar surface area (TPSA) is 30.0 Å². The van der Waals surface area contributed by atoms with Gasteiger partial charge >= 0.3 is 0 Å². The molecule has 0 atom stereocenters. The Morgan fingerprint density at radius 1 is 1.22 bits per heavy atom. The van der Waals surface area contributed by atoms with Crippen LogP contribution >= 0.6 is 54.5 Å². The summed E-state index contributed by atoms with van der Waals surface area (Å²) in [5.41, 5.74) is 1.61. The van der Waals surface area contributed by atoms with E-state index in [-0.39, 0.29) is 5.78 Å². The average Bonchev–Trinajstić information content (AvgIpc) is 2.32. The van der Waals surface area contributed by atoms with Gasteiger partial charge in [0.25, 0.3) is 0 Å². The lowest BCUT2D eigenvalue weighted by atomic mass is 10.0. The third-order valence-corrected chi connectivity index (χ3v) is 4.15. The van der Waals surface area contributed by atoms with E-state index in [0.29, 0.717) is 12.0 Å². The lowest BCUT2D eigenvalue weighted by Gasteiger charge is -2.05. The summed E-state index contributed by atoms with van der Waals surface area (Å²) < 4.78 is 2.76. The van der Waals surface area contributed by atoms with Gasteiger partial charge in [0.15, 0.2) is 5.78 Å². The van der Waals surface area contributed by atoms with Crippen molar-refractivity contribution in [2.24, 2.45) is 0 Å². The number of hydrogen-bond acceptors (Lipinski definition) is 2. The Labute approximate surface area is 136 Å². The van der Waals surface area contributed by atoms with Gasteiger partial charge in [-0.25, -0.2) is 0 Å². The van der Waals surface area contributed by atoms with Gasteiger partial charge in [-0.2, -0.15) is 0 Å². The first kappa shape index (κ1) is 14.1. The second-order valence-electron chi connectivity index (χ2n) is 3.74. The van der Waals surface area contributed by atoms with Gasteiger partial charge in [-0.1, -0.05) is 15.9 Å².